The molecule has 1 aliphatic carbocycles. The molecular weight excluding hydrogens is 404 g/mol. The summed E-state index contributed by atoms with van der Waals surface area (Å²) in [7, 11) is 0. The van der Waals surface area contributed by atoms with E-state index < -0.39 is 0 Å². The Kier molecular flexibility index (Phi) is 5.67. The number of nitrogens with zero attached hydrogens (tertiary/aromatic N) is 3. The molecule has 0 saturated carbocycles. The van der Waals surface area contributed by atoms with Crippen LogP contribution in [0.15, 0.2) is 36.4 Å². The first kappa shape index (κ1) is 20.5. The molecule has 1 fully saturated rings. The van der Waals surface area contributed by atoms with Crippen molar-refractivity contribution in [3.63, 3.8) is 0 Å². The Balaban J connectivity index is 1.33. The van der Waals surface area contributed by atoms with Crippen LogP contribution < -0.4 is 5.32 Å². The molecule has 162 valence electrons. The number of likely N-dealkylation sites (tertiary alicyclic amines) is 1. The van der Waals surface area contributed by atoms with Crippen molar-refractivity contribution in [2.75, 3.05) is 19.6 Å². The minimum Gasteiger partial charge on any atom is -0.350 e. The molecule has 0 unspecified atom stereocenters. The Hall–Kier alpha value is -2.44. The molecule has 3 aromatic rings. The van der Waals surface area contributed by atoms with Crippen molar-refractivity contribution in [2.24, 2.45) is 0 Å². The average molecular weight is 435 g/mol. The van der Waals surface area contributed by atoms with E-state index in [-0.39, 0.29) is 5.91 Å². The van der Waals surface area contributed by atoms with Crippen molar-refractivity contribution >= 4 is 17.2 Å². The molecule has 2 aliphatic rings. The number of nitrogens with one attached hydrogen (secondary N) is 1. The molecule has 1 N–H and O–H groups in total. The lowest BCUT2D eigenvalue weighted by atomic mass is 9.95. The molecule has 5 nitrogen and oxygen atoms in total. The number of fused-ring (bicyclic) bond motifs is 3. The fraction of sp³-hybridized carbons (Fsp3) is 0.440. The molecule has 1 atom stereocenters. The number of aryl methyl sites for hydroxylation is 2. The van der Waals surface area contributed by atoms with Crippen molar-refractivity contribution < 1.29 is 4.79 Å². The van der Waals surface area contributed by atoms with Gasteiger partial charge in [0.2, 0.25) is 0 Å². The second kappa shape index (κ2) is 8.60. The van der Waals surface area contributed by atoms with Gasteiger partial charge in [0.15, 0.2) is 0 Å². The van der Waals surface area contributed by atoms with E-state index in [0.717, 1.165) is 42.2 Å². The van der Waals surface area contributed by atoms with Gasteiger partial charge in [-0.25, -0.2) is 4.68 Å². The number of benzene rings is 1. The highest BCUT2D eigenvalue weighted by Gasteiger charge is 2.27. The van der Waals surface area contributed by atoms with Gasteiger partial charge in [0.1, 0.15) is 0 Å². The van der Waals surface area contributed by atoms with E-state index in [1.807, 2.05) is 18.2 Å². The number of amides is 1. The standard InChI is InChI=1S/C25H30N4OS/c1-17-8-6-7-14-28(17)15-13-26-25(30)22-16-19-11-12-21-23(24(19)31-22)18(2)27-29(21)20-9-4-3-5-10-20/h3-5,9-10,16-17H,6-8,11-15H2,1-2H3,(H,26,30)/t17-/m0/s1. The minimum absolute atomic E-state index is 0.0544. The number of carbonyl (C=O) groups is 1. The van der Waals surface area contributed by atoms with Crippen LogP contribution in [0.1, 0.15) is 52.8 Å². The summed E-state index contributed by atoms with van der Waals surface area (Å²) in [4.78, 5) is 17.4. The molecule has 1 aliphatic heterocycles. The van der Waals surface area contributed by atoms with E-state index >= 15 is 0 Å². The summed E-state index contributed by atoms with van der Waals surface area (Å²) in [5.74, 6) is 0.0544. The Bertz CT molecular complexity index is 1080. The number of piperidine rings is 1. The molecule has 0 spiro atoms. The quantitative estimate of drug-likeness (QED) is 0.638. The average Bonchev–Trinajstić information content (AvgIpc) is 3.37. The van der Waals surface area contributed by atoms with Crippen LogP contribution in [0.2, 0.25) is 0 Å². The van der Waals surface area contributed by atoms with E-state index in [1.54, 1.807) is 11.3 Å². The van der Waals surface area contributed by atoms with Gasteiger partial charge in [-0.3, -0.25) is 9.69 Å². The molecular formula is C25H30N4OS. The summed E-state index contributed by atoms with van der Waals surface area (Å²) in [6.07, 6.45) is 5.77. The van der Waals surface area contributed by atoms with Gasteiger partial charge < -0.3 is 5.32 Å². The highest BCUT2D eigenvalue weighted by atomic mass is 32.1. The number of hydrogen-bond donors (Lipinski definition) is 1. The van der Waals surface area contributed by atoms with Crippen LogP contribution in [0.3, 0.4) is 0 Å². The number of para-hydroxylation sites is 1. The predicted octanol–water partition coefficient (Wildman–Crippen LogP) is 4.61. The third kappa shape index (κ3) is 3.94. The molecule has 0 bridgehead atoms. The zero-order valence-corrected chi connectivity index (χ0v) is 19.2. The van der Waals surface area contributed by atoms with E-state index in [9.17, 15) is 4.79 Å². The number of hydrogen-bond acceptors (Lipinski definition) is 4. The summed E-state index contributed by atoms with van der Waals surface area (Å²) < 4.78 is 2.08. The van der Waals surface area contributed by atoms with Crippen molar-refractivity contribution in [2.45, 2.75) is 52.0 Å². The molecule has 5 rings (SSSR count). The van der Waals surface area contributed by atoms with E-state index in [1.165, 1.54) is 41.0 Å². The SMILES string of the molecule is Cc1nn(-c2ccccc2)c2c1-c1sc(C(=O)NCCN3CCCC[C@@H]3C)cc1CC2. The van der Waals surface area contributed by atoms with Gasteiger partial charge >= 0.3 is 0 Å². The van der Waals surface area contributed by atoms with Crippen LogP contribution in [-0.2, 0) is 12.8 Å². The molecule has 1 amide bonds. The zero-order chi connectivity index (χ0) is 21.4. The third-order valence-corrected chi connectivity index (χ3v) is 7.87. The van der Waals surface area contributed by atoms with E-state index in [0.29, 0.717) is 12.6 Å². The number of carbonyl (C=O) groups excluding carboxylic acids is 1. The summed E-state index contributed by atoms with van der Waals surface area (Å²) in [6.45, 7) is 7.17. The Labute approximate surface area is 188 Å². The summed E-state index contributed by atoms with van der Waals surface area (Å²) in [6, 6.07) is 13.0. The topological polar surface area (TPSA) is 50.2 Å². The van der Waals surface area contributed by atoms with Crippen LogP contribution in [0, 0.1) is 6.92 Å². The van der Waals surface area contributed by atoms with Crippen LogP contribution in [0.4, 0.5) is 0 Å². The number of aromatic nitrogens is 2. The first-order valence-corrected chi connectivity index (χ1v) is 12.2. The van der Waals surface area contributed by atoms with E-state index in [2.05, 4.69) is 46.9 Å². The number of thiophene rings is 1. The van der Waals surface area contributed by atoms with E-state index in [4.69, 9.17) is 5.10 Å². The second-order valence-electron chi connectivity index (χ2n) is 8.76. The molecule has 2 aromatic heterocycles. The normalized spacial score (nSPS) is 18.5. The maximum atomic E-state index is 12.9. The lowest BCUT2D eigenvalue weighted by Gasteiger charge is -2.33. The number of rotatable bonds is 5. The Morgan fingerprint density at radius 2 is 2.06 bits per heavy atom. The van der Waals surface area contributed by atoms with Gasteiger partial charge in [0.05, 0.1) is 22.0 Å². The smallest absolute Gasteiger partial charge is 0.261 e. The third-order valence-electron chi connectivity index (χ3n) is 6.67. The highest BCUT2D eigenvalue weighted by molar-refractivity contribution is 7.17. The highest BCUT2D eigenvalue weighted by Crippen LogP contribution is 2.42. The van der Waals surface area contributed by atoms with Gasteiger partial charge in [-0.05, 0) is 69.8 Å². The predicted molar refractivity (Wildman–Crippen MR) is 126 cm³/mol. The molecule has 1 aromatic carbocycles. The molecule has 31 heavy (non-hydrogen) atoms. The molecule has 3 heterocycles. The van der Waals surface area contributed by atoms with Crippen LogP contribution in [-0.4, -0.2) is 46.3 Å². The first-order valence-electron chi connectivity index (χ1n) is 11.4. The first-order chi connectivity index (χ1) is 15.1. The lowest BCUT2D eigenvalue weighted by molar-refractivity contribution is 0.0942. The van der Waals surface area contributed by atoms with Crippen molar-refractivity contribution in [1.82, 2.24) is 20.0 Å². The fourth-order valence-electron chi connectivity index (χ4n) is 4.97. The summed E-state index contributed by atoms with van der Waals surface area (Å²) in [5, 5.41) is 8.00. The molecule has 0 radical (unpaired) electrons. The van der Waals surface area contributed by atoms with Crippen LogP contribution in [0.5, 0.6) is 0 Å². The van der Waals surface area contributed by atoms with Crippen molar-refractivity contribution in [3.05, 3.63) is 58.2 Å². The van der Waals surface area contributed by atoms with Crippen LogP contribution in [0.25, 0.3) is 16.1 Å². The zero-order valence-electron chi connectivity index (χ0n) is 18.4. The van der Waals surface area contributed by atoms with Crippen molar-refractivity contribution in [1.29, 1.82) is 0 Å². The van der Waals surface area contributed by atoms with Gasteiger partial charge in [-0.1, -0.05) is 24.6 Å². The van der Waals surface area contributed by atoms with Gasteiger partial charge in [0, 0.05) is 29.6 Å². The fourth-order valence-corrected chi connectivity index (χ4v) is 6.21. The lowest BCUT2D eigenvalue weighted by Crippen LogP contribution is -2.42. The summed E-state index contributed by atoms with van der Waals surface area (Å²) >= 11 is 1.62. The Morgan fingerprint density at radius 3 is 2.87 bits per heavy atom. The van der Waals surface area contributed by atoms with Gasteiger partial charge in [0.25, 0.3) is 5.91 Å². The largest absolute Gasteiger partial charge is 0.350 e. The van der Waals surface area contributed by atoms with Crippen LogP contribution >= 0.6 is 11.3 Å². The summed E-state index contributed by atoms with van der Waals surface area (Å²) in [5.41, 5.74) is 5.88. The second-order valence-corrected chi connectivity index (χ2v) is 9.81. The maximum Gasteiger partial charge on any atom is 0.261 e. The van der Waals surface area contributed by atoms with Gasteiger partial charge in [-0.15, -0.1) is 11.3 Å². The minimum atomic E-state index is 0.0544. The Morgan fingerprint density at radius 1 is 1.23 bits per heavy atom. The van der Waals surface area contributed by atoms with Crippen molar-refractivity contribution in [3.8, 4) is 16.1 Å². The van der Waals surface area contributed by atoms with Gasteiger partial charge in [-0.2, -0.15) is 5.10 Å². The molecule has 1 saturated heterocycles. The monoisotopic (exact) mass is 434 g/mol. The maximum absolute atomic E-state index is 12.9. The molecule has 6 heteroatoms.